The second-order valence-corrected chi connectivity index (χ2v) is 3.89. The molecule has 0 radical (unpaired) electrons. The van der Waals surface area contributed by atoms with Gasteiger partial charge in [-0.3, -0.25) is 0 Å². The summed E-state index contributed by atoms with van der Waals surface area (Å²) in [4.78, 5) is 0. The topological polar surface area (TPSA) is 64.7 Å². The van der Waals surface area contributed by atoms with Crippen LogP contribution in [0.15, 0.2) is 18.2 Å². The van der Waals surface area contributed by atoms with Crippen molar-refractivity contribution in [1.82, 2.24) is 0 Å². The summed E-state index contributed by atoms with van der Waals surface area (Å²) >= 11 is 0. The molecule has 0 aromatic heterocycles. The van der Waals surface area contributed by atoms with Gasteiger partial charge in [-0.2, -0.15) is 0 Å². The summed E-state index contributed by atoms with van der Waals surface area (Å²) in [5.74, 6) is 0.769. The van der Waals surface area contributed by atoms with Crippen LogP contribution in [-0.4, -0.2) is 31.0 Å². The summed E-state index contributed by atoms with van der Waals surface area (Å²) < 4.78 is 10.7. The van der Waals surface area contributed by atoms with Crippen LogP contribution in [0.4, 0.5) is 0 Å². The number of aryl methyl sites for hydroxylation is 1. The predicted molar refractivity (Wildman–Crippen MR) is 67.1 cm³/mol. The number of aliphatic hydroxyl groups is 1. The van der Waals surface area contributed by atoms with Crippen LogP contribution in [0.25, 0.3) is 0 Å². The molecule has 0 spiro atoms. The SMILES string of the molecule is CCOCC(O)COc1c(C)cccc1CN. The van der Waals surface area contributed by atoms with Gasteiger partial charge in [-0.05, 0) is 19.4 Å². The molecule has 4 heteroatoms. The first-order valence-electron chi connectivity index (χ1n) is 5.86. The van der Waals surface area contributed by atoms with E-state index in [4.69, 9.17) is 15.2 Å². The highest BCUT2D eigenvalue weighted by Crippen LogP contribution is 2.23. The van der Waals surface area contributed by atoms with Gasteiger partial charge in [-0.25, -0.2) is 0 Å². The standard InChI is InChI=1S/C13H21NO3/c1-3-16-8-12(15)9-17-13-10(2)5-4-6-11(13)7-14/h4-6,12,15H,3,7-9,14H2,1-2H3. The number of para-hydroxylation sites is 1. The van der Waals surface area contributed by atoms with Crippen molar-refractivity contribution in [3.63, 3.8) is 0 Å². The van der Waals surface area contributed by atoms with Crippen LogP contribution < -0.4 is 10.5 Å². The molecule has 0 saturated heterocycles. The van der Waals surface area contributed by atoms with Crippen LogP contribution in [0, 0.1) is 6.92 Å². The molecule has 1 aromatic rings. The second kappa shape index (κ2) is 7.27. The number of ether oxygens (including phenoxy) is 2. The fourth-order valence-electron chi connectivity index (χ4n) is 1.56. The Labute approximate surface area is 102 Å². The van der Waals surface area contributed by atoms with E-state index in [9.17, 15) is 5.11 Å². The summed E-state index contributed by atoms with van der Waals surface area (Å²) in [6.45, 7) is 5.39. The van der Waals surface area contributed by atoms with Gasteiger partial charge >= 0.3 is 0 Å². The summed E-state index contributed by atoms with van der Waals surface area (Å²) in [5.41, 5.74) is 7.62. The smallest absolute Gasteiger partial charge is 0.126 e. The van der Waals surface area contributed by atoms with Crippen molar-refractivity contribution in [3.8, 4) is 5.75 Å². The van der Waals surface area contributed by atoms with Gasteiger partial charge in [-0.1, -0.05) is 18.2 Å². The van der Waals surface area contributed by atoms with Crippen LogP contribution in [0.1, 0.15) is 18.1 Å². The highest BCUT2D eigenvalue weighted by Gasteiger charge is 2.09. The number of nitrogens with two attached hydrogens (primary N) is 1. The molecule has 96 valence electrons. The fourth-order valence-corrected chi connectivity index (χ4v) is 1.56. The van der Waals surface area contributed by atoms with Crippen molar-refractivity contribution in [1.29, 1.82) is 0 Å². The Morgan fingerprint density at radius 3 is 2.76 bits per heavy atom. The van der Waals surface area contributed by atoms with Crippen LogP contribution in [0.3, 0.4) is 0 Å². The van der Waals surface area contributed by atoms with Crippen molar-refractivity contribution in [2.45, 2.75) is 26.5 Å². The molecule has 0 aliphatic carbocycles. The van der Waals surface area contributed by atoms with E-state index in [0.29, 0.717) is 19.8 Å². The van der Waals surface area contributed by atoms with Gasteiger partial charge in [0, 0.05) is 18.7 Å². The molecule has 3 N–H and O–H groups in total. The van der Waals surface area contributed by atoms with Crippen LogP contribution in [0.2, 0.25) is 0 Å². The van der Waals surface area contributed by atoms with Crippen LogP contribution >= 0.6 is 0 Å². The summed E-state index contributed by atoms with van der Waals surface area (Å²) in [7, 11) is 0. The Kier molecular flexibility index (Phi) is 5.97. The van der Waals surface area contributed by atoms with E-state index in [2.05, 4.69) is 0 Å². The van der Waals surface area contributed by atoms with Crippen molar-refractivity contribution >= 4 is 0 Å². The summed E-state index contributed by atoms with van der Waals surface area (Å²) in [5, 5.41) is 9.61. The number of hydrogen-bond donors (Lipinski definition) is 2. The Balaban J connectivity index is 2.56. The van der Waals surface area contributed by atoms with Gasteiger partial charge in [0.05, 0.1) is 6.61 Å². The van der Waals surface area contributed by atoms with Crippen molar-refractivity contribution in [3.05, 3.63) is 29.3 Å². The monoisotopic (exact) mass is 239 g/mol. The Bertz CT molecular complexity index is 341. The zero-order chi connectivity index (χ0) is 12.7. The average Bonchev–Trinajstić information content (AvgIpc) is 2.34. The van der Waals surface area contributed by atoms with Gasteiger partial charge in [0.2, 0.25) is 0 Å². The molecule has 1 unspecified atom stereocenters. The zero-order valence-electron chi connectivity index (χ0n) is 10.5. The molecule has 17 heavy (non-hydrogen) atoms. The fraction of sp³-hybridized carbons (Fsp3) is 0.538. The maximum absolute atomic E-state index is 9.61. The molecule has 0 heterocycles. The molecular formula is C13H21NO3. The van der Waals surface area contributed by atoms with Gasteiger partial charge in [0.15, 0.2) is 0 Å². The van der Waals surface area contributed by atoms with E-state index in [1.807, 2.05) is 32.0 Å². The molecule has 0 aliphatic rings. The van der Waals surface area contributed by atoms with Crippen molar-refractivity contribution in [2.75, 3.05) is 19.8 Å². The predicted octanol–water partition coefficient (Wildman–Crippen LogP) is 1.23. The highest BCUT2D eigenvalue weighted by atomic mass is 16.5. The lowest BCUT2D eigenvalue weighted by molar-refractivity contribution is 0.0161. The number of aliphatic hydroxyl groups excluding tert-OH is 1. The zero-order valence-corrected chi connectivity index (χ0v) is 10.5. The van der Waals surface area contributed by atoms with Crippen molar-refractivity contribution < 1.29 is 14.6 Å². The van der Waals surface area contributed by atoms with E-state index >= 15 is 0 Å². The molecule has 1 aromatic carbocycles. The normalized spacial score (nSPS) is 12.5. The lowest BCUT2D eigenvalue weighted by Gasteiger charge is -2.16. The first-order valence-corrected chi connectivity index (χ1v) is 5.86. The van der Waals surface area contributed by atoms with E-state index in [-0.39, 0.29) is 6.61 Å². The maximum Gasteiger partial charge on any atom is 0.126 e. The third kappa shape index (κ3) is 4.34. The first-order chi connectivity index (χ1) is 8.19. The Morgan fingerprint density at radius 2 is 2.12 bits per heavy atom. The quantitative estimate of drug-likeness (QED) is 0.751. The van der Waals surface area contributed by atoms with E-state index in [1.54, 1.807) is 0 Å². The maximum atomic E-state index is 9.61. The lowest BCUT2D eigenvalue weighted by atomic mass is 10.1. The largest absolute Gasteiger partial charge is 0.490 e. The molecule has 0 fully saturated rings. The minimum absolute atomic E-state index is 0.220. The number of hydrogen-bond acceptors (Lipinski definition) is 4. The summed E-state index contributed by atoms with van der Waals surface area (Å²) in [6, 6.07) is 5.84. The van der Waals surface area contributed by atoms with Crippen LogP contribution in [-0.2, 0) is 11.3 Å². The molecule has 1 atom stereocenters. The molecule has 0 aliphatic heterocycles. The van der Waals surface area contributed by atoms with E-state index < -0.39 is 6.10 Å². The van der Waals surface area contributed by atoms with Gasteiger partial charge in [0.25, 0.3) is 0 Å². The second-order valence-electron chi connectivity index (χ2n) is 3.89. The van der Waals surface area contributed by atoms with Gasteiger partial charge < -0.3 is 20.3 Å². The third-order valence-corrected chi connectivity index (χ3v) is 2.45. The lowest BCUT2D eigenvalue weighted by Crippen LogP contribution is -2.24. The Hall–Kier alpha value is -1.10. The molecule has 1 rings (SSSR count). The summed E-state index contributed by atoms with van der Waals surface area (Å²) in [6.07, 6.45) is -0.611. The first kappa shape index (κ1) is 14.0. The molecule has 4 nitrogen and oxygen atoms in total. The highest BCUT2D eigenvalue weighted by molar-refractivity contribution is 5.40. The molecule has 0 bridgehead atoms. The number of benzene rings is 1. The average molecular weight is 239 g/mol. The minimum Gasteiger partial charge on any atom is -0.490 e. The van der Waals surface area contributed by atoms with E-state index in [1.165, 1.54) is 0 Å². The van der Waals surface area contributed by atoms with Gasteiger partial charge in [-0.15, -0.1) is 0 Å². The van der Waals surface area contributed by atoms with Crippen LogP contribution in [0.5, 0.6) is 5.75 Å². The molecular weight excluding hydrogens is 218 g/mol. The van der Waals surface area contributed by atoms with Crippen molar-refractivity contribution in [2.24, 2.45) is 5.73 Å². The minimum atomic E-state index is -0.611. The van der Waals surface area contributed by atoms with Gasteiger partial charge in [0.1, 0.15) is 18.5 Å². The Morgan fingerprint density at radius 1 is 1.35 bits per heavy atom. The molecule has 0 amide bonds. The molecule has 0 saturated carbocycles. The number of rotatable bonds is 7. The third-order valence-electron chi connectivity index (χ3n) is 2.45. The van der Waals surface area contributed by atoms with E-state index in [0.717, 1.165) is 16.9 Å².